The van der Waals surface area contributed by atoms with Crippen LogP contribution < -0.4 is 4.90 Å². The van der Waals surface area contributed by atoms with E-state index in [-0.39, 0.29) is 11.7 Å². The fourth-order valence-electron chi connectivity index (χ4n) is 4.48. The minimum Gasteiger partial charge on any atom is -0.352 e. The summed E-state index contributed by atoms with van der Waals surface area (Å²) in [6.07, 6.45) is 3.47. The van der Waals surface area contributed by atoms with E-state index in [4.69, 9.17) is 0 Å². The van der Waals surface area contributed by atoms with Gasteiger partial charge in [0, 0.05) is 44.7 Å². The Morgan fingerprint density at radius 1 is 0.971 bits per heavy atom. The monoisotopic (exact) mass is 457 g/mol. The van der Waals surface area contributed by atoms with Gasteiger partial charge in [0.05, 0.1) is 5.39 Å². The molecule has 0 unspecified atom stereocenters. The lowest BCUT2D eigenvalue weighted by atomic mass is 10.1. The predicted molar refractivity (Wildman–Crippen MR) is 131 cm³/mol. The first kappa shape index (κ1) is 22.1. The zero-order chi connectivity index (χ0) is 23.5. The number of carbonyl (C=O) groups is 1. The number of benzene rings is 2. The molecule has 1 amide bonds. The van der Waals surface area contributed by atoms with E-state index in [0.717, 1.165) is 47.6 Å². The van der Waals surface area contributed by atoms with Crippen LogP contribution in [-0.4, -0.2) is 51.9 Å². The summed E-state index contributed by atoms with van der Waals surface area (Å²) in [4.78, 5) is 29.3. The number of nitrogens with one attached hydrogen (secondary N) is 1. The van der Waals surface area contributed by atoms with E-state index < -0.39 is 0 Å². The van der Waals surface area contributed by atoms with Crippen LogP contribution in [0, 0.1) is 12.7 Å². The van der Waals surface area contributed by atoms with Crippen molar-refractivity contribution in [2.45, 2.75) is 26.2 Å². The maximum atomic E-state index is 13.1. The molecule has 1 aliphatic heterocycles. The number of aromatic nitrogens is 3. The number of piperazine rings is 1. The molecule has 0 aliphatic carbocycles. The Morgan fingerprint density at radius 2 is 1.68 bits per heavy atom. The lowest BCUT2D eigenvalue weighted by Gasteiger charge is -2.35. The molecule has 1 fully saturated rings. The average Bonchev–Trinajstić information content (AvgIpc) is 3.27. The molecule has 174 valence electrons. The second-order valence-corrected chi connectivity index (χ2v) is 8.91. The number of fused-ring (bicyclic) bond motifs is 1. The Hall–Kier alpha value is -3.74. The molecule has 0 saturated carbocycles. The molecule has 7 heteroatoms. The van der Waals surface area contributed by atoms with E-state index in [1.54, 1.807) is 18.5 Å². The van der Waals surface area contributed by atoms with E-state index in [9.17, 15) is 9.18 Å². The Morgan fingerprint density at radius 3 is 2.41 bits per heavy atom. The number of anilines is 1. The normalized spacial score (nSPS) is 14.1. The SMILES string of the molecule is Cc1ccc(Cc2cc3c(N4CCN(C(=O)CCc5ccc(F)cc5)CC4)ncnc3[nH]2)cc1. The summed E-state index contributed by atoms with van der Waals surface area (Å²) >= 11 is 0. The number of amides is 1. The fourth-order valence-corrected chi connectivity index (χ4v) is 4.48. The van der Waals surface area contributed by atoms with Gasteiger partial charge in [0.1, 0.15) is 23.6 Å². The van der Waals surface area contributed by atoms with Crippen molar-refractivity contribution < 1.29 is 9.18 Å². The highest BCUT2D eigenvalue weighted by Crippen LogP contribution is 2.26. The molecule has 0 radical (unpaired) electrons. The second-order valence-electron chi connectivity index (χ2n) is 8.91. The lowest BCUT2D eigenvalue weighted by Crippen LogP contribution is -2.49. The van der Waals surface area contributed by atoms with E-state index in [0.29, 0.717) is 25.9 Å². The highest BCUT2D eigenvalue weighted by atomic mass is 19.1. The number of rotatable bonds is 6. The van der Waals surface area contributed by atoms with Gasteiger partial charge in [-0.1, -0.05) is 42.0 Å². The number of H-pyrrole nitrogens is 1. The molecule has 34 heavy (non-hydrogen) atoms. The van der Waals surface area contributed by atoms with E-state index in [1.807, 2.05) is 4.90 Å². The number of hydrogen-bond donors (Lipinski definition) is 1. The van der Waals surface area contributed by atoms with Crippen LogP contribution in [0.25, 0.3) is 11.0 Å². The van der Waals surface area contributed by atoms with Gasteiger partial charge in [-0.15, -0.1) is 0 Å². The van der Waals surface area contributed by atoms with Crippen LogP contribution in [0.1, 0.15) is 28.8 Å². The van der Waals surface area contributed by atoms with Crippen LogP contribution in [0.5, 0.6) is 0 Å². The standard InChI is InChI=1S/C27H28FN5O/c1-19-2-4-21(5-3-19)16-23-17-24-26(31-23)29-18-30-27(24)33-14-12-32(13-15-33)25(34)11-8-20-6-9-22(28)10-7-20/h2-7,9-10,17-18H,8,11-16H2,1H3,(H,29,30,31). The van der Waals surface area contributed by atoms with Gasteiger partial charge in [-0.25, -0.2) is 14.4 Å². The van der Waals surface area contributed by atoms with Crippen molar-refractivity contribution in [3.63, 3.8) is 0 Å². The molecule has 1 N–H and O–H groups in total. The summed E-state index contributed by atoms with van der Waals surface area (Å²) in [6.45, 7) is 4.87. The van der Waals surface area contributed by atoms with Crippen LogP contribution in [0.4, 0.5) is 10.2 Å². The van der Waals surface area contributed by atoms with Gasteiger partial charge >= 0.3 is 0 Å². The van der Waals surface area contributed by atoms with E-state index in [1.165, 1.54) is 23.3 Å². The lowest BCUT2D eigenvalue weighted by molar-refractivity contribution is -0.131. The molecule has 0 bridgehead atoms. The van der Waals surface area contributed by atoms with Crippen molar-refractivity contribution in [2.75, 3.05) is 31.1 Å². The largest absolute Gasteiger partial charge is 0.352 e. The smallest absolute Gasteiger partial charge is 0.223 e. The van der Waals surface area contributed by atoms with Gasteiger partial charge in [0.25, 0.3) is 0 Å². The predicted octanol–water partition coefficient (Wildman–Crippen LogP) is 4.28. The van der Waals surface area contributed by atoms with Crippen LogP contribution in [0.2, 0.25) is 0 Å². The van der Waals surface area contributed by atoms with Gasteiger partial charge in [-0.05, 0) is 42.7 Å². The first-order valence-electron chi connectivity index (χ1n) is 11.7. The number of carbonyl (C=O) groups excluding carboxylic acids is 1. The van der Waals surface area contributed by atoms with Gasteiger partial charge in [0.2, 0.25) is 5.91 Å². The Kier molecular flexibility index (Phi) is 6.25. The number of nitrogens with zero attached hydrogens (tertiary/aromatic N) is 4. The molecule has 1 aliphatic rings. The van der Waals surface area contributed by atoms with Gasteiger partial charge in [-0.2, -0.15) is 0 Å². The first-order chi connectivity index (χ1) is 16.5. The highest BCUT2D eigenvalue weighted by Gasteiger charge is 2.23. The zero-order valence-corrected chi connectivity index (χ0v) is 19.3. The van der Waals surface area contributed by atoms with E-state index in [2.05, 4.69) is 57.1 Å². The Bertz CT molecular complexity index is 1270. The van der Waals surface area contributed by atoms with Crippen molar-refractivity contribution in [3.8, 4) is 0 Å². The number of hydrogen-bond acceptors (Lipinski definition) is 4. The van der Waals surface area contributed by atoms with Crippen molar-refractivity contribution in [1.29, 1.82) is 0 Å². The summed E-state index contributed by atoms with van der Waals surface area (Å²) in [5.74, 6) is 0.795. The van der Waals surface area contributed by atoms with Crippen LogP contribution >= 0.6 is 0 Å². The Balaban J connectivity index is 1.22. The highest BCUT2D eigenvalue weighted by molar-refractivity contribution is 5.88. The summed E-state index contributed by atoms with van der Waals surface area (Å²) < 4.78 is 13.1. The second kappa shape index (κ2) is 9.63. The summed E-state index contributed by atoms with van der Waals surface area (Å²) in [6, 6.07) is 17.1. The number of halogens is 1. The zero-order valence-electron chi connectivity index (χ0n) is 19.3. The third kappa shape index (κ3) is 4.93. The van der Waals surface area contributed by atoms with Crippen LogP contribution in [0.15, 0.2) is 60.9 Å². The average molecular weight is 458 g/mol. The fraction of sp³-hybridized carbons (Fsp3) is 0.296. The van der Waals surface area contributed by atoms with Gasteiger partial charge in [0.15, 0.2) is 0 Å². The first-order valence-corrected chi connectivity index (χ1v) is 11.7. The summed E-state index contributed by atoms with van der Waals surface area (Å²) in [5, 5.41) is 1.01. The molecule has 2 aromatic heterocycles. The molecule has 5 rings (SSSR count). The molecular formula is C27H28FN5O. The molecule has 4 aromatic rings. The third-order valence-electron chi connectivity index (χ3n) is 6.45. The molecule has 1 saturated heterocycles. The van der Waals surface area contributed by atoms with Crippen molar-refractivity contribution in [1.82, 2.24) is 19.9 Å². The van der Waals surface area contributed by atoms with Crippen LogP contribution in [0.3, 0.4) is 0 Å². The Labute approximate surface area is 198 Å². The van der Waals surface area contributed by atoms with E-state index >= 15 is 0 Å². The minimum atomic E-state index is -0.255. The number of aryl methyl sites for hydroxylation is 2. The molecule has 0 atom stereocenters. The summed E-state index contributed by atoms with van der Waals surface area (Å²) in [5.41, 5.74) is 5.42. The maximum absolute atomic E-state index is 13.1. The quantitative estimate of drug-likeness (QED) is 0.470. The van der Waals surface area contributed by atoms with Gasteiger partial charge in [-0.3, -0.25) is 4.79 Å². The third-order valence-corrected chi connectivity index (χ3v) is 6.45. The summed E-state index contributed by atoms with van der Waals surface area (Å²) in [7, 11) is 0. The van der Waals surface area contributed by atoms with Crippen molar-refractivity contribution in [2.24, 2.45) is 0 Å². The topological polar surface area (TPSA) is 65.1 Å². The van der Waals surface area contributed by atoms with Crippen molar-refractivity contribution >= 4 is 22.8 Å². The number of aromatic amines is 1. The molecule has 6 nitrogen and oxygen atoms in total. The van der Waals surface area contributed by atoms with Crippen LogP contribution in [-0.2, 0) is 17.6 Å². The molecular weight excluding hydrogens is 429 g/mol. The van der Waals surface area contributed by atoms with Crippen molar-refractivity contribution in [3.05, 3.63) is 89.1 Å². The molecule has 2 aromatic carbocycles. The molecule has 0 spiro atoms. The minimum absolute atomic E-state index is 0.138. The maximum Gasteiger partial charge on any atom is 0.223 e. The molecule has 3 heterocycles. The van der Waals surface area contributed by atoms with Gasteiger partial charge < -0.3 is 14.8 Å².